The molecular formula is C14H18N2. The molecule has 0 saturated heterocycles. The van der Waals surface area contributed by atoms with Crippen molar-refractivity contribution in [1.29, 1.82) is 0 Å². The Morgan fingerprint density at radius 2 is 2.00 bits per heavy atom. The Morgan fingerprint density at radius 3 is 2.75 bits per heavy atom. The van der Waals surface area contributed by atoms with E-state index >= 15 is 0 Å². The third kappa shape index (κ3) is 1.16. The topological polar surface area (TPSA) is 17.3 Å². The number of hydrogen-bond donors (Lipinski definition) is 0. The summed E-state index contributed by atoms with van der Waals surface area (Å²) in [6.07, 6.45) is 2.35. The molecule has 0 N–H and O–H groups in total. The van der Waals surface area contributed by atoms with Gasteiger partial charge in [0.05, 0.1) is 11.4 Å². The minimum absolute atomic E-state index is 0.273. The van der Waals surface area contributed by atoms with Crippen LogP contribution in [0.1, 0.15) is 42.9 Å². The number of nitrogens with zero attached hydrogens (tertiary/aromatic N) is 2. The second kappa shape index (κ2) is 2.88. The molecule has 84 valence electrons. The van der Waals surface area contributed by atoms with Crippen molar-refractivity contribution in [3.05, 3.63) is 34.8 Å². The maximum atomic E-state index is 4.77. The molecule has 1 aliphatic rings. The molecule has 0 bridgehead atoms. The highest BCUT2D eigenvalue weighted by Gasteiger charge is 2.34. The third-order valence-corrected chi connectivity index (χ3v) is 3.75. The number of pyridine rings is 1. The molecule has 0 saturated carbocycles. The van der Waals surface area contributed by atoms with E-state index in [1.54, 1.807) is 0 Å². The van der Waals surface area contributed by atoms with Crippen molar-refractivity contribution >= 4 is 5.65 Å². The number of aryl methyl sites for hydroxylation is 3. The highest BCUT2D eigenvalue weighted by molar-refractivity contribution is 5.50. The normalized spacial score (nSPS) is 18.0. The van der Waals surface area contributed by atoms with Gasteiger partial charge in [0, 0.05) is 11.1 Å². The van der Waals surface area contributed by atoms with Gasteiger partial charge in [-0.2, -0.15) is 0 Å². The first kappa shape index (κ1) is 9.88. The molecule has 0 amide bonds. The Labute approximate surface area is 96.3 Å². The molecule has 0 spiro atoms. The molecule has 0 atom stereocenters. The van der Waals surface area contributed by atoms with Crippen LogP contribution >= 0.6 is 0 Å². The SMILES string of the molecule is Cc1cc(C)n2c3c(nc2c1)CCC3(C)C. The van der Waals surface area contributed by atoms with Gasteiger partial charge in [-0.3, -0.25) is 0 Å². The van der Waals surface area contributed by atoms with E-state index in [1.807, 2.05) is 0 Å². The minimum atomic E-state index is 0.273. The Balaban J connectivity index is 2.43. The molecule has 2 heterocycles. The predicted octanol–water partition coefficient (Wildman–Crippen LogP) is 3.17. The number of rotatable bonds is 0. The van der Waals surface area contributed by atoms with Gasteiger partial charge in [-0.15, -0.1) is 0 Å². The van der Waals surface area contributed by atoms with Crippen LogP contribution in [0.5, 0.6) is 0 Å². The second-order valence-corrected chi connectivity index (χ2v) is 5.66. The summed E-state index contributed by atoms with van der Waals surface area (Å²) in [6.45, 7) is 8.97. The fraction of sp³-hybridized carbons (Fsp3) is 0.500. The number of fused-ring (bicyclic) bond motifs is 3. The molecule has 2 nitrogen and oxygen atoms in total. The van der Waals surface area contributed by atoms with E-state index < -0.39 is 0 Å². The summed E-state index contributed by atoms with van der Waals surface area (Å²) in [5.41, 5.74) is 6.73. The van der Waals surface area contributed by atoms with E-state index in [2.05, 4.69) is 44.2 Å². The maximum absolute atomic E-state index is 4.77. The van der Waals surface area contributed by atoms with E-state index in [0.29, 0.717) is 0 Å². The number of aromatic nitrogens is 2. The second-order valence-electron chi connectivity index (χ2n) is 5.66. The van der Waals surface area contributed by atoms with Crippen LogP contribution in [0, 0.1) is 13.8 Å². The zero-order valence-corrected chi connectivity index (χ0v) is 10.5. The van der Waals surface area contributed by atoms with Crippen molar-refractivity contribution in [3.8, 4) is 0 Å². The van der Waals surface area contributed by atoms with Gasteiger partial charge in [0.2, 0.25) is 0 Å². The van der Waals surface area contributed by atoms with Gasteiger partial charge in [-0.05, 0) is 44.4 Å². The average Bonchev–Trinajstić information content (AvgIpc) is 2.65. The van der Waals surface area contributed by atoms with Crippen LogP contribution < -0.4 is 0 Å². The molecule has 1 aliphatic carbocycles. The molecule has 2 aromatic rings. The standard InChI is InChI=1S/C14H18N2/c1-9-7-10(2)16-12(8-9)15-11-5-6-14(3,4)13(11)16/h7-8H,5-6H2,1-4H3. The number of hydrogen-bond acceptors (Lipinski definition) is 1. The molecule has 0 aliphatic heterocycles. The van der Waals surface area contributed by atoms with Gasteiger partial charge in [-0.25, -0.2) is 4.98 Å². The van der Waals surface area contributed by atoms with Gasteiger partial charge in [0.25, 0.3) is 0 Å². The smallest absolute Gasteiger partial charge is 0.137 e. The summed E-state index contributed by atoms with van der Waals surface area (Å²) in [5.74, 6) is 0. The summed E-state index contributed by atoms with van der Waals surface area (Å²) in [7, 11) is 0. The van der Waals surface area contributed by atoms with Crippen LogP contribution in [-0.2, 0) is 11.8 Å². The molecule has 2 heteroatoms. The molecule has 0 fully saturated rings. The van der Waals surface area contributed by atoms with Crippen molar-refractivity contribution in [2.24, 2.45) is 0 Å². The Kier molecular flexibility index (Phi) is 1.78. The first-order valence-electron chi connectivity index (χ1n) is 5.98. The van der Waals surface area contributed by atoms with Gasteiger partial charge in [0.1, 0.15) is 5.65 Å². The summed E-state index contributed by atoms with van der Waals surface area (Å²) in [5, 5.41) is 0. The van der Waals surface area contributed by atoms with Crippen LogP contribution in [0.3, 0.4) is 0 Å². The summed E-state index contributed by atoms with van der Waals surface area (Å²) < 4.78 is 2.34. The van der Waals surface area contributed by atoms with E-state index in [-0.39, 0.29) is 5.41 Å². The largest absolute Gasteiger partial charge is 0.300 e. The fourth-order valence-electron chi connectivity index (χ4n) is 2.99. The molecular weight excluding hydrogens is 196 g/mol. The third-order valence-electron chi connectivity index (χ3n) is 3.75. The van der Waals surface area contributed by atoms with E-state index in [0.717, 1.165) is 12.1 Å². The monoisotopic (exact) mass is 214 g/mol. The minimum Gasteiger partial charge on any atom is -0.300 e. The van der Waals surface area contributed by atoms with Crippen LogP contribution in [0.4, 0.5) is 0 Å². The number of imidazole rings is 1. The lowest BCUT2D eigenvalue weighted by Crippen LogP contribution is -2.16. The lowest BCUT2D eigenvalue weighted by atomic mass is 9.90. The molecule has 16 heavy (non-hydrogen) atoms. The lowest BCUT2D eigenvalue weighted by molar-refractivity contribution is 0.502. The summed E-state index contributed by atoms with van der Waals surface area (Å²) in [6, 6.07) is 4.42. The van der Waals surface area contributed by atoms with E-state index in [4.69, 9.17) is 4.98 Å². The average molecular weight is 214 g/mol. The van der Waals surface area contributed by atoms with Crippen LogP contribution in [-0.4, -0.2) is 9.38 Å². The quantitative estimate of drug-likeness (QED) is 0.658. The van der Waals surface area contributed by atoms with Crippen molar-refractivity contribution in [2.75, 3.05) is 0 Å². The zero-order valence-electron chi connectivity index (χ0n) is 10.5. The zero-order chi connectivity index (χ0) is 11.5. The van der Waals surface area contributed by atoms with Crippen LogP contribution in [0.25, 0.3) is 5.65 Å². The fourth-order valence-corrected chi connectivity index (χ4v) is 2.99. The van der Waals surface area contributed by atoms with Crippen molar-refractivity contribution in [3.63, 3.8) is 0 Å². The van der Waals surface area contributed by atoms with Gasteiger partial charge in [0.15, 0.2) is 0 Å². The summed E-state index contributed by atoms with van der Waals surface area (Å²) in [4.78, 5) is 4.77. The predicted molar refractivity (Wildman–Crippen MR) is 66.0 cm³/mol. The van der Waals surface area contributed by atoms with Gasteiger partial charge >= 0.3 is 0 Å². The highest BCUT2D eigenvalue weighted by atomic mass is 15.0. The molecule has 0 aromatic carbocycles. The lowest BCUT2D eigenvalue weighted by Gasteiger charge is -2.19. The van der Waals surface area contributed by atoms with Crippen LogP contribution in [0.2, 0.25) is 0 Å². The van der Waals surface area contributed by atoms with Crippen molar-refractivity contribution < 1.29 is 0 Å². The van der Waals surface area contributed by atoms with Crippen LogP contribution in [0.15, 0.2) is 12.1 Å². The van der Waals surface area contributed by atoms with Gasteiger partial charge in [-0.1, -0.05) is 13.8 Å². The van der Waals surface area contributed by atoms with Crippen molar-refractivity contribution in [2.45, 2.75) is 46.0 Å². The molecule has 0 radical (unpaired) electrons. The Hall–Kier alpha value is -1.31. The molecule has 2 aromatic heterocycles. The Morgan fingerprint density at radius 1 is 1.25 bits per heavy atom. The first-order chi connectivity index (χ1) is 7.49. The van der Waals surface area contributed by atoms with Crippen molar-refractivity contribution in [1.82, 2.24) is 9.38 Å². The van der Waals surface area contributed by atoms with E-state index in [1.165, 1.54) is 29.1 Å². The molecule has 3 rings (SSSR count). The molecule has 0 unspecified atom stereocenters. The summed E-state index contributed by atoms with van der Waals surface area (Å²) >= 11 is 0. The first-order valence-corrected chi connectivity index (χ1v) is 5.98. The van der Waals surface area contributed by atoms with Gasteiger partial charge < -0.3 is 4.40 Å². The Bertz CT molecular complexity index is 576. The maximum Gasteiger partial charge on any atom is 0.137 e. The highest BCUT2D eigenvalue weighted by Crippen LogP contribution is 2.38. The van der Waals surface area contributed by atoms with E-state index in [9.17, 15) is 0 Å².